The zero-order valence-corrected chi connectivity index (χ0v) is 20.6. The number of benzene rings is 2. The summed E-state index contributed by atoms with van der Waals surface area (Å²) in [5, 5.41) is 11.6. The number of hydrogen-bond donors (Lipinski definition) is 2. The Morgan fingerprint density at radius 2 is 1.94 bits per heavy atom. The molecule has 3 aromatic rings. The van der Waals surface area contributed by atoms with Crippen LogP contribution < -0.4 is 14.2 Å². The third-order valence-corrected chi connectivity index (χ3v) is 9.33. The molecule has 0 saturated carbocycles. The van der Waals surface area contributed by atoms with Crippen molar-refractivity contribution < 1.29 is 27.7 Å². The minimum Gasteiger partial charge on any atom is -0.497 e. The van der Waals surface area contributed by atoms with E-state index in [1.807, 2.05) is 36.4 Å². The second-order valence-corrected chi connectivity index (χ2v) is 11.8. The Morgan fingerprint density at radius 3 is 2.69 bits per heavy atom. The zero-order chi connectivity index (χ0) is 24.4. The lowest BCUT2D eigenvalue weighted by Gasteiger charge is -2.55. The van der Waals surface area contributed by atoms with Gasteiger partial charge in [-0.2, -0.15) is 4.31 Å². The highest BCUT2D eigenvalue weighted by atomic mass is 32.2. The smallest absolute Gasteiger partial charge is 0.231 e. The van der Waals surface area contributed by atoms with Crippen molar-refractivity contribution in [2.45, 2.75) is 24.9 Å². The molecule has 1 aromatic heterocycles. The second kappa shape index (κ2) is 8.12. The van der Waals surface area contributed by atoms with Crippen LogP contribution in [0.1, 0.15) is 29.8 Å². The van der Waals surface area contributed by atoms with Crippen LogP contribution >= 0.6 is 0 Å². The third kappa shape index (κ3) is 3.50. The highest BCUT2D eigenvalue weighted by Crippen LogP contribution is 2.49. The first-order valence-electron chi connectivity index (χ1n) is 11.8. The molecule has 6 rings (SSSR count). The zero-order valence-electron chi connectivity index (χ0n) is 19.8. The summed E-state index contributed by atoms with van der Waals surface area (Å²) in [6.45, 7) is 3.90. The van der Waals surface area contributed by atoms with Crippen molar-refractivity contribution in [1.82, 2.24) is 14.2 Å². The maximum absolute atomic E-state index is 12.6. The fraction of sp³-hybridized carbons (Fsp3) is 0.440. The average Bonchev–Trinajstić information content (AvgIpc) is 3.45. The number of aliphatic hydroxyl groups is 1. The molecule has 3 aliphatic rings. The Hall–Kier alpha value is -2.79. The quantitative estimate of drug-likeness (QED) is 0.537. The summed E-state index contributed by atoms with van der Waals surface area (Å²) in [5.74, 6) is 2.28. The van der Waals surface area contributed by atoms with Gasteiger partial charge in [-0.05, 0) is 42.3 Å². The number of ether oxygens (including phenoxy) is 3. The minimum absolute atomic E-state index is 0.0610. The molecule has 4 heterocycles. The van der Waals surface area contributed by atoms with Crippen molar-refractivity contribution in [2.24, 2.45) is 0 Å². The van der Waals surface area contributed by atoms with Crippen molar-refractivity contribution >= 4 is 20.9 Å². The summed E-state index contributed by atoms with van der Waals surface area (Å²) >= 11 is 0. The monoisotopic (exact) mass is 499 g/mol. The van der Waals surface area contributed by atoms with Crippen LogP contribution in [0.3, 0.4) is 0 Å². The fourth-order valence-electron chi connectivity index (χ4n) is 5.82. The summed E-state index contributed by atoms with van der Waals surface area (Å²) in [6.07, 6.45) is 0. The SMILES string of the molecule is CCS(=O)(=O)N1CC2(CN(Cc3ccc4c(c3)OCO4)[C@H](CO)c3[nH]c4cc(OC)ccc4c32)C1. The van der Waals surface area contributed by atoms with Crippen molar-refractivity contribution in [3.05, 3.63) is 53.2 Å². The van der Waals surface area contributed by atoms with Crippen molar-refractivity contribution in [1.29, 1.82) is 0 Å². The van der Waals surface area contributed by atoms with Gasteiger partial charge in [-0.1, -0.05) is 6.07 Å². The van der Waals surface area contributed by atoms with E-state index in [1.54, 1.807) is 18.3 Å². The van der Waals surface area contributed by atoms with Gasteiger partial charge < -0.3 is 24.3 Å². The van der Waals surface area contributed by atoms with Crippen LogP contribution in [0.4, 0.5) is 0 Å². The maximum atomic E-state index is 12.6. The van der Waals surface area contributed by atoms with Gasteiger partial charge in [-0.15, -0.1) is 0 Å². The third-order valence-electron chi connectivity index (χ3n) is 7.56. The van der Waals surface area contributed by atoms with Gasteiger partial charge in [0.15, 0.2) is 11.5 Å². The number of sulfonamides is 1. The predicted octanol–water partition coefficient (Wildman–Crippen LogP) is 2.36. The molecule has 0 radical (unpaired) electrons. The van der Waals surface area contributed by atoms with Crippen LogP contribution in [0, 0.1) is 0 Å². The fourth-order valence-corrected chi connectivity index (χ4v) is 7.07. The second-order valence-electron chi connectivity index (χ2n) is 9.57. The number of nitrogens with zero attached hydrogens (tertiary/aromatic N) is 2. The van der Waals surface area contributed by atoms with Gasteiger partial charge >= 0.3 is 0 Å². The Balaban J connectivity index is 1.43. The van der Waals surface area contributed by atoms with E-state index in [9.17, 15) is 13.5 Å². The molecule has 3 aliphatic heterocycles. The van der Waals surface area contributed by atoms with Crippen LogP contribution in [0.2, 0.25) is 0 Å². The van der Waals surface area contributed by atoms with Gasteiger partial charge in [0.05, 0.1) is 25.5 Å². The molecule has 0 amide bonds. The van der Waals surface area contributed by atoms with Crippen LogP contribution in [0.5, 0.6) is 17.2 Å². The number of methoxy groups -OCH3 is 1. The molecule has 9 nitrogen and oxygen atoms in total. The number of aromatic nitrogens is 1. The number of H-pyrrole nitrogens is 1. The van der Waals surface area contributed by atoms with Gasteiger partial charge in [0, 0.05) is 54.3 Å². The number of rotatable bonds is 6. The first kappa shape index (κ1) is 22.7. The number of hydrogen-bond acceptors (Lipinski definition) is 7. The van der Waals surface area contributed by atoms with E-state index < -0.39 is 10.0 Å². The van der Waals surface area contributed by atoms with Crippen molar-refractivity contribution in [3.8, 4) is 17.2 Å². The lowest BCUT2D eigenvalue weighted by molar-refractivity contribution is 0.0258. The molecule has 10 heteroatoms. The maximum Gasteiger partial charge on any atom is 0.231 e. The van der Waals surface area contributed by atoms with Gasteiger partial charge in [0.25, 0.3) is 0 Å². The van der Waals surface area contributed by atoms with E-state index in [2.05, 4.69) is 9.88 Å². The van der Waals surface area contributed by atoms with E-state index in [1.165, 1.54) is 0 Å². The lowest BCUT2D eigenvalue weighted by Crippen LogP contribution is -2.67. The van der Waals surface area contributed by atoms with E-state index in [-0.39, 0.29) is 30.6 Å². The standard InChI is InChI=1S/C25H29N3O6S/c1-3-35(30,31)28-13-25(14-28)12-27(10-16-4-7-21-22(8-16)34-15-33-21)20(11-29)24-23(25)18-6-5-17(32-2)9-19(18)26-24/h4-9,20,26,29H,3,10-15H2,1-2H3/t20-/m1/s1. The number of fused-ring (bicyclic) bond motifs is 5. The molecule has 35 heavy (non-hydrogen) atoms. The molecular formula is C25H29N3O6S. The Bertz CT molecular complexity index is 1400. The highest BCUT2D eigenvalue weighted by molar-refractivity contribution is 7.89. The molecule has 0 unspecified atom stereocenters. The van der Waals surface area contributed by atoms with Crippen LogP contribution in [-0.4, -0.2) is 73.6 Å². The van der Waals surface area contributed by atoms with Gasteiger partial charge in [0.2, 0.25) is 16.8 Å². The van der Waals surface area contributed by atoms with Crippen molar-refractivity contribution in [2.75, 3.05) is 45.9 Å². The average molecular weight is 500 g/mol. The molecule has 1 atom stereocenters. The summed E-state index contributed by atoms with van der Waals surface area (Å²) in [4.78, 5) is 5.78. The van der Waals surface area contributed by atoms with Crippen LogP contribution in [0.15, 0.2) is 36.4 Å². The molecule has 2 N–H and O–H groups in total. The Morgan fingerprint density at radius 1 is 1.14 bits per heavy atom. The topological polar surface area (TPSA) is 104 Å². The molecule has 2 aromatic carbocycles. The normalized spacial score (nSPS) is 21.3. The molecular weight excluding hydrogens is 470 g/mol. The lowest BCUT2D eigenvalue weighted by atomic mass is 9.70. The number of nitrogens with one attached hydrogen (secondary N) is 1. The van der Waals surface area contributed by atoms with Gasteiger partial charge in [-0.3, -0.25) is 4.90 Å². The van der Waals surface area contributed by atoms with Crippen LogP contribution in [0.25, 0.3) is 10.9 Å². The van der Waals surface area contributed by atoms with Gasteiger partial charge in [-0.25, -0.2) is 8.42 Å². The summed E-state index contributed by atoms with van der Waals surface area (Å²) in [6, 6.07) is 11.6. The molecule has 186 valence electrons. The first-order chi connectivity index (χ1) is 16.9. The predicted molar refractivity (Wildman–Crippen MR) is 130 cm³/mol. The Labute approximate surface area is 204 Å². The number of aliphatic hydroxyl groups excluding tert-OH is 1. The molecule has 1 spiro atoms. The van der Waals surface area contributed by atoms with Crippen LogP contribution in [-0.2, 0) is 22.0 Å². The van der Waals surface area contributed by atoms with E-state index in [0.29, 0.717) is 26.2 Å². The summed E-state index contributed by atoms with van der Waals surface area (Å²) in [5.41, 5.74) is 3.65. The van der Waals surface area contributed by atoms with E-state index >= 15 is 0 Å². The molecule has 1 saturated heterocycles. The number of aromatic amines is 1. The molecule has 1 fully saturated rings. The Kier molecular flexibility index (Phi) is 5.26. The van der Waals surface area contributed by atoms with E-state index in [4.69, 9.17) is 14.2 Å². The summed E-state index contributed by atoms with van der Waals surface area (Å²) < 4.78 is 43.3. The van der Waals surface area contributed by atoms with Crippen molar-refractivity contribution in [3.63, 3.8) is 0 Å². The van der Waals surface area contributed by atoms with Gasteiger partial charge in [0.1, 0.15) is 5.75 Å². The van der Waals surface area contributed by atoms with E-state index in [0.717, 1.165) is 45.0 Å². The highest BCUT2D eigenvalue weighted by Gasteiger charge is 2.55. The molecule has 0 aliphatic carbocycles. The first-order valence-corrected chi connectivity index (χ1v) is 13.4. The molecule has 0 bridgehead atoms. The summed E-state index contributed by atoms with van der Waals surface area (Å²) in [7, 11) is -1.65. The largest absolute Gasteiger partial charge is 0.497 e. The minimum atomic E-state index is -3.28.